The third kappa shape index (κ3) is 2.67. The van der Waals surface area contributed by atoms with Gasteiger partial charge in [0.05, 0.1) is 19.3 Å². The zero-order valence-electron chi connectivity index (χ0n) is 14.4. The number of methoxy groups -OCH3 is 1. The van der Waals surface area contributed by atoms with Crippen molar-refractivity contribution in [3.8, 4) is 5.75 Å². The number of hydrogen-bond donors (Lipinski definition) is 1. The van der Waals surface area contributed by atoms with Gasteiger partial charge in [0.25, 0.3) is 0 Å². The van der Waals surface area contributed by atoms with Crippen LogP contribution in [0.4, 0.5) is 5.69 Å². The first-order valence-corrected chi connectivity index (χ1v) is 8.95. The largest absolute Gasteiger partial charge is 0.497 e. The average Bonchev–Trinajstić information content (AvgIpc) is 2.67. The van der Waals surface area contributed by atoms with E-state index < -0.39 is 0 Å². The van der Waals surface area contributed by atoms with Gasteiger partial charge < -0.3 is 14.8 Å². The van der Waals surface area contributed by atoms with Gasteiger partial charge in [-0.3, -0.25) is 0 Å². The van der Waals surface area contributed by atoms with Crippen LogP contribution in [0.25, 0.3) is 0 Å². The third-order valence-electron chi connectivity index (χ3n) is 5.41. The van der Waals surface area contributed by atoms with Gasteiger partial charge >= 0.3 is 0 Å². The first-order chi connectivity index (χ1) is 11.8. The molecule has 2 aliphatic heterocycles. The number of hydrogen-bond acceptors (Lipinski definition) is 3. The van der Waals surface area contributed by atoms with E-state index in [2.05, 4.69) is 42.6 Å². The third-order valence-corrected chi connectivity index (χ3v) is 5.41. The molecule has 0 unspecified atom stereocenters. The summed E-state index contributed by atoms with van der Waals surface area (Å²) in [5, 5.41) is 3.78. The van der Waals surface area contributed by atoms with Gasteiger partial charge in [-0.2, -0.15) is 0 Å². The number of ether oxygens (including phenoxy) is 2. The molecule has 0 aromatic heterocycles. The second-order valence-electron chi connectivity index (χ2n) is 6.77. The standard InChI is InChI=1S/C21H25NO2/c1-3-14-6-11-19-18(13-14)21-17(5-4-12-24-21)20(22-19)15-7-9-16(23-2)10-8-15/h6-11,13,17,20-22H,3-5,12H2,1-2H3/t17-,20-,21-/m0/s1. The van der Waals surface area contributed by atoms with E-state index in [1.54, 1.807) is 7.11 Å². The van der Waals surface area contributed by atoms with Crippen LogP contribution in [0.15, 0.2) is 42.5 Å². The monoisotopic (exact) mass is 323 g/mol. The predicted octanol–water partition coefficient (Wildman–Crippen LogP) is 4.89. The topological polar surface area (TPSA) is 30.5 Å². The molecule has 3 nitrogen and oxygen atoms in total. The molecule has 24 heavy (non-hydrogen) atoms. The molecule has 2 aromatic carbocycles. The minimum absolute atomic E-state index is 0.202. The van der Waals surface area contributed by atoms with Gasteiger partial charge in [-0.25, -0.2) is 0 Å². The minimum atomic E-state index is 0.202. The van der Waals surface area contributed by atoms with Gasteiger partial charge in [0.15, 0.2) is 0 Å². The quantitative estimate of drug-likeness (QED) is 0.872. The first kappa shape index (κ1) is 15.5. The maximum atomic E-state index is 6.24. The van der Waals surface area contributed by atoms with Crippen LogP contribution in [0.2, 0.25) is 0 Å². The molecule has 0 aliphatic carbocycles. The molecule has 0 amide bonds. The van der Waals surface area contributed by atoms with Crippen LogP contribution in [0, 0.1) is 5.92 Å². The van der Waals surface area contributed by atoms with Crippen LogP contribution in [0.3, 0.4) is 0 Å². The van der Waals surface area contributed by atoms with Crippen molar-refractivity contribution in [2.24, 2.45) is 5.92 Å². The summed E-state index contributed by atoms with van der Waals surface area (Å²) in [5.74, 6) is 1.38. The highest BCUT2D eigenvalue weighted by Gasteiger charge is 2.39. The molecular formula is C21H25NO2. The van der Waals surface area contributed by atoms with Crippen LogP contribution in [-0.4, -0.2) is 13.7 Å². The van der Waals surface area contributed by atoms with Crippen LogP contribution in [0.1, 0.15) is 48.6 Å². The van der Waals surface area contributed by atoms with Gasteiger partial charge in [0.1, 0.15) is 5.75 Å². The van der Waals surface area contributed by atoms with E-state index in [9.17, 15) is 0 Å². The van der Waals surface area contributed by atoms with E-state index in [-0.39, 0.29) is 6.10 Å². The Morgan fingerprint density at radius 1 is 1.17 bits per heavy atom. The summed E-state index contributed by atoms with van der Waals surface area (Å²) in [6.07, 6.45) is 3.60. The number of anilines is 1. The number of benzene rings is 2. The van der Waals surface area contributed by atoms with Crippen molar-refractivity contribution in [1.29, 1.82) is 0 Å². The van der Waals surface area contributed by atoms with Crippen LogP contribution in [0.5, 0.6) is 5.75 Å². The van der Waals surface area contributed by atoms with Crippen molar-refractivity contribution in [3.63, 3.8) is 0 Å². The highest BCUT2D eigenvalue weighted by atomic mass is 16.5. The second-order valence-corrected chi connectivity index (χ2v) is 6.77. The summed E-state index contributed by atoms with van der Waals surface area (Å²) in [5.41, 5.74) is 5.24. The predicted molar refractivity (Wildman–Crippen MR) is 96.6 cm³/mol. The number of rotatable bonds is 3. The highest BCUT2D eigenvalue weighted by molar-refractivity contribution is 5.58. The van der Waals surface area contributed by atoms with E-state index in [0.29, 0.717) is 12.0 Å². The smallest absolute Gasteiger partial charge is 0.118 e. The van der Waals surface area contributed by atoms with Crippen molar-refractivity contribution >= 4 is 5.69 Å². The SMILES string of the molecule is CCc1ccc2c(c1)[C@H]1OCCC[C@H]1[C@H](c1ccc(OC)cc1)N2. The molecule has 2 aliphatic rings. The maximum absolute atomic E-state index is 6.24. The van der Waals surface area contributed by atoms with Crippen molar-refractivity contribution in [1.82, 2.24) is 0 Å². The molecule has 2 heterocycles. The summed E-state index contributed by atoms with van der Waals surface area (Å²) in [6.45, 7) is 3.07. The van der Waals surface area contributed by atoms with Gasteiger partial charge in [-0.1, -0.05) is 31.2 Å². The van der Waals surface area contributed by atoms with Gasteiger partial charge in [-0.05, 0) is 48.6 Å². The Morgan fingerprint density at radius 3 is 2.75 bits per heavy atom. The van der Waals surface area contributed by atoms with Crippen LogP contribution >= 0.6 is 0 Å². The molecule has 0 radical (unpaired) electrons. The Labute approximate surface area is 144 Å². The Morgan fingerprint density at radius 2 is 2.00 bits per heavy atom. The molecule has 126 valence electrons. The van der Waals surface area contributed by atoms with Gasteiger partial charge in [0, 0.05) is 23.8 Å². The van der Waals surface area contributed by atoms with Crippen molar-refractivity contribution in [2.45, 2.75) is 38.3 Å². The summed E-state index contributed by atoms with van der Waals surface area (Å²) in [6, 6.07) is 15.5. The molecule has 2 aromatic rings. The van der Waals surface area contributed by atoms with Gasteiger partial charge in [0.2, 0.25) is 0 Å². The van der Waals surface area contributed by atoms with Crippen LogP contribution < -0.4 is 10.1 Å². The molecule has 3 atom stereocenters. The fourth-order valence-electron chi connectivity index (χ4n) is 4.08. The fourth-order valence-corrected chi connectivity index (χ4v) is 4.08. The van der Waals surface area contributed by atoms with Gasteiger partial charge in [-0.15, -0.1) is 0 Å². The first-order valence-electron chi connectivity index (χ1n) is 8.95. The van der Waals surface area contributed by atoms with E-state index in [1.165, 1.54) is 28.8 Å². The lowest BCUT2D eigenvalue weighted by Crippen LogP contribution is -2.36. The molecule has 3 heteroatoms. The lowest BCUT2D eigenvalue weighted by atomic mass is 9.77. The Bertz CT molecular complexity index is 710. The summed E-state index contributed by atoms with van der Waals surface area (Å²) >= 11 is 0. The molecule has 0 spiro atoms. The summed E-state index contributed by atoms with van der Waals surface area (Å²) < 4.78 is 11.5. The Kier molecular flexibility index (Phi) is 4.19. The molecule has 1 fully saturated rings. The molecule has 1 N–H and O–H groups in total. The molecule has 0 bridgehead atoms. The minimum Gasteiger partial charge on any atom is -0.497 e. The molecule has 0 saturated carbocycles. The molecule has 4 rings (SSSR count). The zero-order valence-corrected chi connectivity index (χ0v) is 14.4. The normalized spacial score (nSPS) is 25.3. The maximum Gasteiger partial charge on any atom is 0.118 e. The number of aryl methyl sites for hydroxylation is 1. The van der Waals surface area contributed by atoms with E-state index in [0.717, 1.165) is 25.2 Å². The van der Waals surface area contributed by atoms with Crippen molar-refractivity contribution < 1.29 is 9.47 Å². The van der Waals surface area contributed by atoms with Crippen molar-refractivity contribution in [3.05, 3.63) is 59.2 Å². The summed E-state index contributed by atoms with van der Waals surface area (Å²) in [7, 11) is 1.71. The Hall–Kier alpha value is -2.00. The van der Waals surface area contributed by atoms with Crippen molar-refractivity contribution in [2.75, 3.05) is 19.0 Å². The number of fused-ring (bicyclic) bond motifs is 3. The zero-order chi connectivity index (χ0) is 16.5. The average molecular weight is 323 g/mol. The lowest BCUT2D eigenvalue weighted by molar-refractivity contribution is -0.0381. The Balaban J connectivity index is 1.72. The highest BCUT2D eigenvalue weighted by Crippen LogP contribution is 2.49. The lowest BCUT2D eigenvalue weighted by Gasteiger charge is -2.43. The van der Waals surface area contributed by atoms with E-state index in [1.807, 2.05) is 12.1 Å². The van der Waals surface area contributed by atoms with E-state index in [4.69, 9.17) is 9.47 Å². The molecular weight excluding hydrogens is 298 g/mol. The van der Waals surface area contributed by atoms with E-state index >= 15 is 0 Å². The number of nitrogens with one attached hydrogen (secondary N) is 1. The fraction of sp³-hybridized carbons (Fsp3) is 0.429. The van der Waals surface area contributed by atoms with Crippen LogP contribution in [-0.2, 0) is 11.2 Å². The summed E-state index contributed by atoms with van der Waals surface area (Å²) in [4.78, 5) is 0. The second kappa shape index (κ2) is 6.48. The molecule has 1 saturated heterocycles.